The second kappa shape index (κ2) is 3.48. The summed E-state index contributed by atoms with van der Waals surface area (Å²) in [6.45, 7) is 1.65. The Kier molecular flexibility index (Phi) is 2.38. The van der Waals surface area contributed by atoms with Crippen LogP contribution in [0.4, 0.5) is 0 Å². The summed E-state index contributed by atoms with van der Waals surface area (Å²) in [6.07, 6.45) is 0. The molecule has 0 fully saturated rings. The van der Waals surface area contributed by atoms with E-state index in [9.17, 15) is 4.79 Å². The van der Waals surface area contributed by atoms with E-state index in [4.69, 9.17) is 5.26 Å². The van der Waals surface area contributed by atoms with Gasteiger partial charge in [-0.05, 0) is 6.92 Å². The summed E-state index contributed by atoms with van der Waals surface area (Å²) < 4.78 is 0. The van der Waals surface area contributed by atoms with Gasteiger partial charge in [-0.25, -0.2) is 4.98 Å². The molecule has 0 spiro atoms. The number of hydrogen-bond donors (Lipinski definition) is 2. The zero-order valence-electron chi connectivity index (χ0n) is 6.46. The van der Waals surface area contributed by atoms with Crippen molar-refractivity contribution in [1.29, 1.82) is 5.26 Å². The van der Waals surface area contributed by atoms with Gasteiger partial charge in [0.05, 0.1) is 6.07 Å². The molecule has 0 aliphatic rings. The molecule has 1 heterocycles. The van der Waals surface area contributed by atoms with E-state index in [0.717, 1.165) is 0 Å². The Balaban J connectivity index is 2.61. The summed E-state index contributed by atoms with van der Waals surface area (Å²) in [7, 11) is 0. The number of aromatic amines is 1. The molecule has 2 N–H and O–H groups in total. The quantitative estimate of drug-likeness (QED) is 0.570. The number of rotatable bonds is 2. The lowest BCUT2D eigenvalue weighted by Gasteiger charge is -1.92. The Morgan fingerprint density at radius 3 is 3.08 bits per heavy atom. The summed E-state index contributed by atoms with van der Waals surface area (Å²) in [4.78, 5) is 14.8. The summed E-state index contributed by atoms with van der Waals surface area (Å²) >= 11 is 0. The van der Waals surface area contributed by atoms with Gasteiger partial charge in [0.15, 0.2) is 0 Å². The van der Waals surface area contributed by atoms with Crippen molar-refractivity contribution in [3.8, 4) is 6.07 Å². The Hall–Kier alpha value is -1.90. The Bertz CT molecular complexity index is 323. The third-order valence-corrected chi connectivity index (χ3v) is 1.13. The lowest BCUT2D eigenvalue weighted by Crippen LogP contribution is -2.24. The Labute approximate surface area is 68.6 Å². The van der Waals surface area contributed by atoms with Gasteiger partial charge in [0.1, 0.15) is 12.4 Å². The normalized spacial score (nSPS) is 9.00. The van der Waals surface area contributed by atoms with Crippen molar-refractivity contribution in [1.82, 2.24) is 20.5 Å². The predicted octanol–water partition coefficient (Wildman–Crippen LogP) is -0.634. The molecule has 0 unspecified atom stereocenters. The second-order valence-electron chi connectivity index (χ2n) is 2.09. The minimum atomic E-state index is -0.444. The summed E-state index contributed by atoms with van der Waals surface area (Å²) in [5.74, 6) is 0.181. The number of aryl methyl sites for hydroxylation is 1. The van der Waals surface area contributed by atoms with Crippen LogP contribution in [-0.2, 0) is 0 Å². The zero-order valence-corrected chi connectivity index (χ0v) is 6.46. The second-order valence-corrected chi connectivity index (χ2v) is 2.09. The highest BCUT2D eigenvalue weighted by Crippen LogP contribution is 1.89. The number of carbonyl (C=O) groups excluding carboxylic acids is 1. The van der Waals surface area contributed by atoms with E-state index in [0.29, 0.717) is 5.82 Å². The minimum absolute atomic E-state index is 0.0353. The van der Waals surface area contributed by atoms with E-state index < -0.39 is 5.91 Å². The van der Waals surface area contributed by atoms with Crippen LogP contribution in [0.15, 0.2) is 0 Å². The largest absolute Gasteiger partial charge is 0.336 e. The van der Waals surface area contributed by atoms with Gasteiger partial charge in [-0.2, -0.15) is 5.26 Å². The fraction of sp³-hybridized carbons (Fsp3) is 0.333. The number of nitriles is 1. The van der Waals surface area contributed by atoms with Crippen LogP contribution in [-0.4, -0.2) is 27.6 Å². The smallest absolute Gasteiger partial charge is 0.291 e. The highest BCUT2D eigenvalue weighted by Gasteiger charge is 2.08. The summed E-state index contributed by atoms with van der Waals surface area (Å²) in [5, 5.41) is 16.6. The van der Waals surface area contributed by atoms with Crippen LogP contribution in [0, 0.1) is 18.3 Å². The molecule has 0 aliphatic heterocycles. The maximum absolute atomic E-state index is 11.0. The van der Waals surface area contributed by atoms with Crippen molar-refractivity contribution >= 4 is 5.91 Å². The number of nitrogens with one attached hydrogen (secondary N) is 2. The summed E-state index contributed by atoms with van der Waals surface area (Å²) in [6, 6.07) is 1.78. The molecule has 62 valence electrons. The highest BCUT2D eigenvalue weighted by molar-refractivity contribution is 5.90. The monoisotopic (exact) mass is 165 g/mol. The first-order valence-electron chi connectivity index (χ1n) is 3.28. The number of hydrogen-bond acceptors (Lipinski definition) is 4. The number of nitrogens with zero attached hydrogens (tertiary/aromatic N) is 3. The van der Waals surface area contributed by atoms with Gasteiger partial charge in [-0.15, -0.1) is 5.10 Å². The van der Waals surface area contributed by atoms with E-state index in [2.05, 4.69) is 20.5 Å². The molecule has 0 radical (unpaired) electrons. The fourth-order valence-corrected chi connectivity index (χ4v) is 0.643. The van der Waals surface area contributed by atoms with Crippen LogP contribution in [0.25, 0.3) is 0 Å². The highest BCUT2D eigenvalue weighted by atomic mass is 16.2. The van der Waals surface area contributed by atoms with Gasteiger partial charge in [0, 0.05) is 0 Å². The lowest BCUT2D eigenvalue weighted by atomic mass is 10.5. The standard InChI is InChI=1S/C6H7N5O/c1-4-9-5(11-10-4)6(12)8-3-2-7/h3H2,1H3,(H,8,12)(H,9,10,11). The van der Waals surface area contributed by atoms with E-state index >= 15 is 0 Å². The van der Waals surface area contributed by atoms with Crippen LogP contribution < -0.4 is 5.32 Å². The van der Waals surface area contributed by atoms with Crippen LogP contribution >= 0.6 is 0 Å². The molecule has 0 bridgehead atoms. The molecule has 6 nitrogen and oxygen atoms in total. The topological polar surface area (TPSA) is 94.5 Å². The van der Waals surface area contributed by atoms with Crippen molar-refractivity contribution in [3.05, 3.63) is 11.6 Å². The van der Waals surface area contributed by atoms with E-state index in [1.54, 1.807) is 13.0 Å². The first-order valence-corrected chi connectivity index (χ1v) is 3.28. The average molecular weight is 165 g/mol. The van der Waals surface area contributed by atoms with Gasteiger partial charge in [-0.1, -0.05) is 0 Å². The maximum atomic E-state index is 11.0. The third-order valence-electron chi connectivity index (χ3n) is 1.13. The molecular weight excluding hydrogens is 158 g/mol. The molecule has 0 saturated carbocycles. The number of H-pyrrole nitrogens is 1. The first-order chi connectivity index (χ1) is 5.74. The van der Waals surface area contributed by atoms with Gasteiger partial charge in [0.25, 0.3) is 5.91 Å². The van der Waals surface area contributed by atoms with Crippen LogP contribution in [0.1, 0.15) is 16.4 Å². The first kappa shape index (κ1) is 8.20. The average Bonchev–Trinajstić information content (AvgIpc) is 2.47. The molecule has 6 heteroatoms. The molecule has 1 amide bonds. The van der Waals surface area contributed by atoms with Gasteiger partial charge in [-0.3, -0.25) is 9.89 Å². The molecular formula is C6H7N5O. The van der Waals surface area contributed by atoms with Crippen molar-refractivity contribution in [2.45, 2.75) is 6.92 Å². The van der Waals surface area contributed by atoms with Crippen molar-refractivity contribution < 1.29 is 4.79 Å². The van der Waals surface area contributed by atoms with Gasteiger partial charge < -0.3 is 5.32 Å². The number of amides is 1. The molecule has 0 aromatic carbocycles. The predicted molar refractivity (Wildman–Crippen MR) is 39.1 cm³/mol. The maximum Gasteiger partial charge on any atom is 0.291 e. The van der Waals surface area contributed by atoms with E-state index in [-0.39, 0.29) is 12.4 Å². The van der Waals surface area contributed by atoms with Crippen LogP contribution in [0.5, 0.6) is 0 Å². The lowest BCUT2D eigenvalue weighted by molar-refractivity contribution is 0.0948. The van der Waals surface area contributed by atoms with Crippen molar-refractivity contribution in [2.24, 2.45) is 0 Å². The van der Waals surface area contributed by atoms with Crippen LogP contribution in [0.3, 0.4) is 0 Å². The summed E-state index contributed by atoms with van der Waals surface area (Å²) in [5.41, 5.74) is 0. The number of aromatic nitrogens is 3. The SMILES string of the molecule is Cc1nc(C(=O)NCC#N)n[nH]1. The molecule has 0 saturated heterocycles. The fourth-order valence-electron chi connectivity index (χ4n) is 0.643. The molecule has 1 aromatic rings. The van der Waals surface area contributed by atoms with Gasteiger partial charge >= 0.3 is 0 Å². The zero-order chi connectivity index (χ0) is 8.97. The molecule has 0 aliphatic carbocycles. The number of carbonyl (C=O) groups is 1. The Morgan fingerprint density at radius 1 is 1.83 bits per heavy atom. The van der Waals surface area contributed by atoms with Crippen molar-refractivity contribution in [2.75, 3.05) is 6.54 Å². The van der Waals surface area contributed by atoms with Gasteiger partial charge in [0.2, 0.25) is 5.82 Å². The molecule has 12 heavy (non-hydrogen) atoms. The third kappa shape index (κ3) is 1.79. The molecule has 0 atom stereocenters. The molecule has 1 rings (SSSR count). The van der Waals surface area contributed by atoms with E-state index in [1.807, 2.05) is 0 Å². The van der Waals surface area contributed by atoms with Crippen molar-refractivity contribution in [3.63, 3.8) is 0 Å². The van der Waals surface area contributed by atoms with Crippen LogP contribution in [0.2, 0.25) is 0 Å². The minimum Gasteiger partial charge on any atom is -0.336 e. The Morgan fingerprint density at radius 2 is 2.58 bits per heavy atom. The van der Waals surface area contributed by atoms with E-state index in [1.165, 1.54) is 0 Å². The molecule has 1 aromatic heterocycles.